The van der Waals surface area contributed by atoms with E-state index in [9.17, 15) is 0 Å². The number of hydrogen-bond donors (Lipinski definition) is 1. The summed E-state index contributed by atoms with van der Waals surface area (Å²) in [5.74, 6) is 0. The standard InChI is InChI=1S/C15H21N3/c1-13-15(8-10-17(2)11-9-15)18(12-16-13)14-6-4-3-5-7-14/h3-7,16H,1,8-12H2,2H3. The van der Waals surface area contributed by atoms with Crippen LogP contribution in [-0.2, 0) is 0 Å². The van der Waals surface area contributed by atoms with Crippen molar-refractivity contribution >= 4 is 5.69 Å². The Hall–Kier alpha value is -1.48. The highest BCUT2D eigenvalue weighted by Crippen LogP contribution is 2.39. The molecule has 2 aliphatic rings. The lowest BCUT2D eigenvalue weighted by Crippen LogP contribution is -2.52. The van der Waals surface area contributed by atoms with E-state index >= 15 is 0 Å². The Morgan fingerprint density at radius 2 is 1.83 bits per heavy atom. The van der Waals surface area contributed by atoms with Gasteiger partial charge in [0.05, 0.1) is 12.2 Å². The maximum absolute atomic E-state index is 4.26. The Bertz CT molecular complexity index is 432. The van der Waals surface area contributed by atoms with Gasteiger partial charge in [-0.2, -0.15) is 0 Å². The van der Waals surface area contributed by atoms with Gasteiger partial charge in [0.25, 0.3) is 0 Å². The molecule has 0 amide bonds. The first-order valence-corrected chi connectivity index (χ1v) is 6.67. The van der Waals surface area contributed by atoms with Crippen molar-refractivity contribution in [3.05, 3.63) is 42.6 Å². The second-order valence-electron chi connectivity index (χ2n) is 5.41. The first-order valence-electron chi connectivity index (χ1n) is 6.67. The van der Waals surface area contributed by atoms with Crippen LogP contribution in [0.15, 0.2) is 42.6 Å². The van der Waals surface area contributed by atoms with E-state index in [0.29, 0.717) is 0 Å². The van der Waals surface area contributed by atoms with E-state index in [4.69, 9.17) is 0 Å². The minimum Gasteiger partial charge on any atom is -0.370 e. The Balaban J connectivity index is 1.93. The van der Waals surface area contributed by atoms with Gasteiger partial charge in [0.2, 0.25) is 0 Å². The van der Waals surface area contributed by atoms with E-state index in [2.05, 4.69) is 59.1 Å². The van der Waals surface area contributed by atoms with Crippen molar-refractivity contribution < 1.29 is 0 Å². The van der Waals surface area contributed by atoms with Crippen LogP contribution in [-0.4, -0.2) is 37.2 Å². The molecule has 0 bridgehead atoms. The van der Waals surface area contributed by atoms with Gasteiger partial charge in [-0.3, -0.25) is 0 Å². The van der Waals surface area contributed by atoms with E-state index in [1.807, 2.05) is 0 Å². The Morgan fingerprint density at radius 1 is 1.17 bits per heavy atom. The number of nitrogens with one attached hydrogen (secondary N) is 1. The third-order valence-electron chi connectivity index (χ3n) is 4.41. The summed E-state index contributed by atoms with van der Waals surface area (Å²) in [5.41, 5.74) is 2.61. The number of para-hydroxylation sites is 1. The summed E-state index contributed by atoms with van der Waals surface area (Å²) < 4.78 is 0. The summed E-state index contributed by atoms with van der Waals surface area (Å²) >= 11 is 0. The lowest BCUT2D eigenvalue weighted by molar-refractivity contribution is 0.214. The molecule has 1 N–H and O–H groups in total. The fourth-order valence-electron chi connectivity index (χ4n) is 3.16. The van der Waals surface area contributed by atoms with Gasteiger partial charge in [-0.05, 0) is 32.0 Å². The molecule has 2 aliphatic heterocycles. The number of anilines is 1. The highest BCUT2D eigenvalue weighted by atomic mass is 15.4. The van der Waals surface area contributed by atoms with Gasteiger partial charge >= 0.3 is 0 Å². The van der Waals surface area contributed by atoms with Crippen molar-refractivity contribution in [3.8, 4) is 0 Å². The van der Waals surface area contributed by atoms with E-state index < -0.39 is 0 Å². The number of hydrogen-bond acceptors (Lipinski definition) is 3. The van der Waals surface area contributed by atoms with Crippen LogP contribution in [0.3, 0.4) is 0 Å². The molecule has 0 aromatic heterocycles. The average Bonchev–Trinajstić information content (AvgIpc) is 2.72. The van der Waals surface area contributed by atoms with Crippen molar-refractivity contribution in [3.63, 3.8) is 0 Å². The molecule has 1 aromatic rings. The highest BCUT2D eigenvalue weighted by Gasteiger charge is 2.45. The van der Waals surface area contributed by atoms with Crippen molar-refractivity contribution in [2.75, 3.05) is 31.7 Å². The van der Waals surface area contributed by atoms with Crippen LogP contribution in [0.25, 0.3) is 0 Å². The number of likely N-dealkylation sites (tertiary alicyclic amines) is 1. The van der Waals surface area contributed by atoms with Crippen molar-refractivity contribution in [2.45, 2.75) is 18.4 Å². The molecule has 0 aliphatic carbocycles. The summed E-state index contributed by atoms with van der Waals surface area (Å²) in [6.45, 7) is 7.43. The summed E-state index contributed by atoms with van der Waals surface area (Å²) in [7, 11) is 2.20. The molecule has 2 fully saturated rings. The lowest BCUT2D eigenvalue weighted by atomic mass is 9.84. The molecule has 0 atom stereocenters. The average molecular weight is 243 g/mol. The topological polar surface area (TPSA) is 18.5 Å². The van der Waals surface area contributed by atoms with Gasteiger partial charge in [0.1, 0.15) is 0 Å². The van der Waals surface area contributed by atoms with E-state index in [-0.39, 0.29) is 5.54 Å². The second-order valence-corrected chi connectivity index (χ2v) is 5.41. The summed E-state index contributed by atoms with van der Waals surface area (Å²) in [4.78, 5) is 4.89. The van der Waals surface area contributed by atoms with Crippen LogP contribution in [0.1, 0.15) is 12.8 Å². The first kappa shape index (κ1) is 11.6. The fraction of sp³-hybridized carbons (Fsp3) is 0.467. The molecule has 3 heteroatoms. The van der Waals surface area contributed by atoms with Crippen LogP contribution in [0, 0.1) is 0 Å². The molecular formula is C15H21N3. The number of nitrogens with zero attached hydrogens (tertiary/aromatic N) is 2. The molecule has 0 radical (unpaired) electrons. The quantitative estimate of drug-likeness (QED) is 0.814. The zero-order valence-electron chi connectivity index (χ0n) is 11.0. The Kier molecular flexibility index (Phi) is 2.78. The molecule has 1 spiro atoms. The van der Waals surface area contributed by atoms with Gasteiger partial charge in [-0.25, -0.2) is 0 Å². The first-order chi connectivity index (χ1) is 8.72. The largest absolute Gasteiger partial charge is 0.370 e. The van der Waals surface area contributed by atoms with Crippen LogP contribution < -0.4 is 10.2 Å². The van der Waals surface area contributed by atoms with Crippen LogP contribution in [0.5, 0.6) is 0 Å². The van der Waals surface area contributed by atoms with Crippen molar-refractivity contribution in [2.24, 2.45) is 0 Å². The van der Waals surface area contributed by atoms with Crippen molar-refractivity contribution in [1.82, 2.24) is 10.2 Å². The van der Waals surface area contributed by atoms with Gasteiger partial charge in [0, 0.05) is 24.5 Å². The van der Waals surface area contributed by atoms with Crippen LogP contribution in [0.4, 0.5) is 5.69 Å². The summed E-state index contributed by atoms with van der Waals surface area (Å²) in [5, 5.41) is 3.46. The maximum Gasteiger partial charge on any atom is 0.0884 e. The van der Waals surface area contributed by atoms with Gasteiger partial charge in [-0.15, -0.1) is 0 Å². The predicted molar refractivity (Wildman–Crippen MR) is 75.5 cm³/mol. The predicted octanol–water partition coefficient (Wildman–Crippen LogP) is 2.03. The molecule has 0 saturated carbocycles. The number of piperidine rings is 1. The van der Waals surface area contributed by atoms with E-state index in [1.54, 1.807) is 0 Å². The normalized spacial score (nSPS) is 23.4. The van der Waals surface area contributed by atoms with E-state index in [0.717, 1.165) is 32.6 Å². The molecule has 3 nitrogen and oxygen atoms in total. The fourth-order valence-corrected chi connectivity index (χ4v) is 3.16. The zero-order valence-corrected chi connectivity index (χ0v) is 11.0. The summed E-state index contributed by atoms with van der Waals surface area (Å²) in [6, 6.07) is 10.7. The van der Waals surface area contributed by atoms with Crippen LogP contribution in [0.2, 0.25) is 0 Å². The van der Waals surface area contributed by atoms with Gasteiger partial charge in [0.15, 0.2) is 0 Å². The molecule has 0 unspecified atom stereocenters. The molecule has 1 aromatic carbocycles. The number of benzene rings is 1. The molecular weight excluding hydrogens is 222 g/mol. The minimum atomic E-state index is 0.119. The molecule has 96 valence electrons. The second kappa shape index (κ2) is 4.32. The highest BCUT2D eigenvalue weighted by molar-refractivity contribution is 5.54. The lowest BCUT2D eigenvalue weighted by Gasteiger charge is -2.44. The summed E-state index contributed by atoms with van der Waals surface area (Å²) in [6.07, 6.45) is 2.31. The molecule has 2 saturated heterocycles. The molecule has 3 rings (SSSR count). The maximum atomic E-state index is 4.26. The third kappa shape index (κ3) is 1.70. The van der Waals surface area contributed by atoms with Crippen LogP contribution >= 0.6 is 0 Å². The minimum absolute atomic E-state index is 0.119. The smallest absolute Gasteiger partial charge is 0.0884 e. The van der Waals surface area contributed by atoms with Crippen molar-refractivity contribution in [1.29, 1.82) is 0 Å². The van der Waals surface area contributed by atoms with E-state index in [1.165, 1.54) is 11.4 Å². The monoisotopic (exact) mass is 243 g/mol. The number of rotatable bonds is 1. The zero-order chi connectivity index (χ0) is 12.6. The SMILES string of the molecule is C=C1NCN(c2ccccc2)C12CCN(C)CC2. The Labute approximate surface area is 109 Å². The van der Waals surface area contributed by atoms with Gasteiger partial charge in [-0.1, -0.05) is 24.8 Å². The Morgan fingerprint density at radius 3 is 2.50 bits per heavy atom. The molecule has 18 heavy (non-hydrogen) atoms. The third-order valence-corrected chi connectivity index (χ3v) is 4.41. The molecule has 2 heterocycles. The van der Waals surface area contributed by atoms with Gasteiger partial charge < -0.3 is 15.1 Å².